The summed E-state index contributed by atoms with van der Waals surface area (Å²) in [4.78, 5) is 10.6. The van der Waals surface area contributed by atoms with Gasteiger partial charge in [-0.15, -0.1) is 0 Å². The number of hydrogen-bond acceptors (Lipinski definition) is 4. The zero-order chi connectivity index (χ0) is 15.6. The first-order valence-corrected chi connectivity index (χ1v) is 6.35. The number of benzene rings is 2. The van der Waals surface area contributed by atoms with E-state index in [1.54, 1.807) is 13.0 Å². The second-order valence-corrected chi connectivity index (χ2v) is 4.88. The zero-order valence-electron chi connectivity index (χ0n) is 11.7. The summed E-state index contributed by atoms with van der Waals surface area (Å²) >= 11 is 0. The Morgan fingerprint density at radius 2 is 1.86 bits per heavy atom. The Bertz CT molecular complexity index is 681. The number of rotatable bonds is 4. The molecule has 0 amide bonds. The molecule has 2 aromatic carbocycles. The molecule has 5 nitrogen and oxygen atoms in total. The van der Waals surface area contributed by atoms with Crippen molar-refractivity contribution >= 4 is 11.4 Å². The van der Waals surface area contributed by atoms with Crippen LogP contribution in [0, 0.1) is 29.8 Å². The van der Waals surface area contributed by atoms with Crippen LogP contribution in [0.1, 0.15) is 16.7 Å². The van der Waals surface area contributed by atoms with Crippen molar-refractivity contribution in [3.63, 3.8) is 0 Å². The standard InChI is InChI=1S/C15H15FN2O3/c1-9-3-14(15(18(20)21)4-10(9)2)17-8-11-5-12(16)7-13(19)6-11/h3-7,17,19H,8H2,1-2H3. The predicted octanol–water partition coefficient (Wildman–Crippen LogP) is 3.67. The van der Waals surface area contributed by atoms with E-state index in [9.17, 15) is 19.6 Å². The molecule has 0 aromatic heterocycles. The number of aromatic hydroxyl groups is 1. The summed E-state index contributed by atoms with van der Waals surface area (Å²) in [6.45, 7) is 3.84. The van der Waals surface area contributed by atoms with Gasteiger partial charge in [-0.1, -0.05) is 0 Å². The summed E-state index contributed by atoms with van der Waals surface area (Å²) < 4.78 is 13.2. The molecule has 0 spiro atoms. The van der Waals surface area contributed by atoms with Crippen molar-refractivity contribution < 1.29 is 14.4 Å². The van der Waals surface area contributed by atoms with Crippen LogP contribution in [0.15, 0.2) is 30.3 Å². The first-order valence-electron chi connectivity index (χ1n) is 6.35. The zero-order valence-corrected chi connectivity index (χ0v) is 11.7. The number of nitrogens with one attached hydrogen (secondary N) is 1. The van der Waals surface area contributed by atoms with Gasteiger partial charge in [0.2, 0.25) is 0 Å². The molecule has 0 radical (unpaired) electrons. The van der Waals surface area contributed by atoms with E-state index in [1.165, 1.54) is 18.2 Å². The molecule has 110 valence electrons. The molecule has 2 aromatic rings. The van der Waals surface area contributed by atoms with E-state index in [2.05, 4.69) is 5.32 Å². The average Bonchev–Trinajstić information content (AvgIpc) is 2.38. The van der Waals surface area contributed by atoms with E-state index in [1.807, 2.05) is 6.92 Å². The van der Waals surface area contributed by atoms with Crippen molar-refractivity contribution in [2.45, 2.75) is 20.4 Å². The smallest absolute Gasteiger partial charge is 0.292 e. The highest BCUT2D eigenvalue weighted by atomic mass is 19.1. The van der Waals surface area contributed by atoms with E-state index >= 15 is 0 Å². The van der Waals surface area contributed by atoms with Gasteiger partial charge in [0, 0.05) is 18.7 Å². The molecule has 2 N–H and O–H groups in total. The van der Waals surface area contributed by atoms with Crippen LogP contribution in [0.5, 0.6) is 5.75 Å². The molecule has 0 atom stereocenters. The number of halogens is 1. The molecule has 0 bridgehead atoms. The lowest BCUT2D eigenvalue weighted by Crippen LogP contribution is -2.04. The number of phenols is 1. The Morgan fingerprint density at radius 3 is 2.48 bits per heavy atom. The van der Waals surface area contributed by atoms with Gasteiger partial charge in [-0.25, -0.2) is 4.39 Å². The fraction of sp³-hybridized carbons (Fsp3) is 0.200. The van der Waals surface area contributed by atoms with Crippen LogP contribution in [0.4, 0.5) is 15.8 Å². The lowest BCUT2D eigenvalue weighted by Gasteiger charge is -2.10. The van der Waals surface area contributed by atoms with Gasteiger partial charge in [0.1, 0.15) is 17.3 Å². The summed E-state index contributed by atoms with van der Waals surface area (Å²) in [6.07, 6.45) is 0. The molecular weight excluding hydrogens is 275 g/mol. The van der Waals surface area contributed by atoms with Crippen LogP contribution in [-0.2, 0) is 6.54 Å². The molecule has 0 aliphatic heterocycles. The maximum atomic E-state index is 13.2. The first-order chi connectivity index (χ1) is 9.86. The van der Waals surface area contributed by atoms with Crippen LogP contribution in [0.25, 0.3) is 0 Å². The van der Waals surface area contributed by atoms with Crippen LogP contribution < -0.4 is 5.32 Å². The Labute approximate surface area is 121 Å². The number of nitro benzene ring substituents is 1. The second-order valence-electron chi connectivity index (χ2n) is 4.88. The van der Waals surface area contributed by atoms with Gasteiger partial charge < -0.3 is 10.4 Å². The summed E-state index contributed by atoms with van der Waals surface area (Å²) in [6, 6.07) is 6.86. The molecule has 0 aliphatic rings. The molecule has 6 heteroatoms. The minimum absolute atomic E-state index is 0.0290. The van der Waals surface area contributed by atoms with Gasteiger partial charge in [-0.05, 0) is 48.7 Å². The van der Waals surface area contributed by atoms with Crippen molar-refractivity contribution in [2.24, 2.45) is 0 Å². The highest BCUT2D eigenvalue weighted by Gasteiger charge is 2.15. The largest absolute Gasteiger partial charge is 0.508 e. The minimum atomic E-state index is -0.554. The number of nitro groups is 1. The number of nitrogens with zero attached hydrogens (tertiary/aromatic N) is 1. The number of aryl methyl sites for hydroxylation is 2. The molecule has 0 unspecified atom stereocenters. The molecule has 0 saturated carbocycles. The highest BCUT2D eigenvalue weighted by molar-refractivity contribution is 5.64. The summed E-state index contributed by atoms with van der Waals surface area (Å²) in [5.74, 6) is -0.734. The maximum Gasteiger partial charge on any atom is 0.292 e. The Balaban J connectivity index is 2.27. The van der Waals surface area contributed by atoms with Crippen LogP contribution in [-0.4, -0.2) is 10.0 Å². The van der Waals surface area contributed by atoms with Gasteiger partial charge in [-0.3, -0.25) is 10.1 Å². The van der Waals surface area contributed by atoms with Gasteiger partial charge in [0.15, 0.2) is 0 Å². The van der Waals surface area contributed by atoms with Crippen molar-refractivity contribution in [3.8, 4) is 5.75 Å². The number of anilines is 1. The van der Waals surface area contributed by atoms with Crippen LogP contribution in [0.2, 0.25) is 0 Å². The summed E-state index contributed by atoms with van der Waals surface area (Å²) in [7, 11) is 0. The fourth-order valence-corrected chi connectivity index (χ4v) is 2.03. The molecular formula is C15H15FN2O3. The van der Waals surface area contributed by atoms with Gasteiger partial charge in [-0.2, -0.15) is 0 Å². The van der Waals surface area contributed by atoms with Crippen molar-refractivity contribution in [3.05, 3.63) is 63.0 Å². The Hall–Kier alpha value is -2.63. The Morgan fingerprint density at radius 1 is 1.19 bits per heavy atom. The van der Waals surface area contributed by atoms with E-state index in [0.717, 1.165) is 17.2 Å². The SMILES string of the molecule is Cc1cc(NCc2cc(O)cc(F)c2)c([N+](=O)[O-])cc1C. The molecule has 0 saturated heterocycles. The molecule has 2 rings (SSSR count). The summed E-state index contributed by atoms with van der Waals surface area (Å²) in [5.41, 5.74) is 2.59. The minimum Gasteiger partial charge on any atom is -0.508 e. The normalized spacial score (nSPS) is 10.4. The third-order valence-electron chi connectivity index (χ3n) is 3.23. The molecule has 0 fully saturated rings. The van der Waals surface area contributed by atoms with Crippen LogP contribution >= 0.6 is 0 Å². The lowest BCUT2D eigenvalue weighted by atomic mass is 10.1. The van der Waals surface area contributed by atoms with Crippen molar-refractivity contribution in [2.75, 3.05) is 5.32 Å². The van der Waals surface area contributed by atoms with E-state index in [0.29, 0.717) is 11.3 Å². The van der Waals surface area contributed by atoms with Crippen molar-refractivity contribution in [1.29, 1.82) is 0 Å². The van der Waals surface area contributed by atoms with Crippen molar-refractivity contribution in [1.82, 2.24) is 0 Å². The average molecular weight is 290 g/mol. The third kappa shape index (κ3) is 3.47. The first kappa shape index (κ1) is 14.8. The topological polar surface area (TPSA) is 75.4 Å². The monoisotopic (exact) mass is 290 g/mol. The molecule has 0 aliphatic carbocycles. The molecule has 21 heavy (non-hydrogen) atoms. The second kappa shape index (κ2) is 5.78. The lowest BCUT2D eigenvalue weighted by molar-refractivity contribution is -0.384. The van der Waals surface area contributed by atoms with Gasteiger partial charge >= 0.3 is 0 Å². The number of hydrogen-bond donors (Lipinski definition) is 2. The van der Waals surface area contributed by atoms with Crippen LogP contribution in [0.3, 0.4) is 0 Å². The van der Waals surface area contributed by atoms with Gasteiger partial charge in [0.25, 0.3) is 5.69 Å². The predicted molar refractivity (Wildman–Crippen MR) is 78.0 cm³/mol. The highest BCUT2D eigenvalue weighted by Crippen LogP contribution is 2.28. The number of phenolic OH excluding ortho intramolecular Hbond substituents is 1. The third-order valence-corrected chi connectivity index (χ3v) is 3.23. The Kier molecular flexibility index (Phi) is 4.07. The van der Waals surface area contributed by atoms with E-state index in [-0.39, 0.29) is 18.0 Å². The van der Waals surface area contributed by atoms with Gasteiger partial charge in [0.05, 0.1) is 4.92 Å². The van der Waals surface area contributed by atoms with E-state index in [4.69, 9.17) is 0 Å². The fourth-order valence-electron chi connectivity index (χ4n) is 2.03. The summed E-state index contributed by atoms with van der Waals surface area (Å²) in [5, 5.41) is 23.3. The maximum absolute atomic E-state index is 13.2. The molecule has 0 heterocycles. The quantitative estimate of drug-likeness (QED) is 0.665. The van der Waals surface area contributed by atoms with E-state index < -0.39 is 10.7 Å².